The molecule has 0 amide bonds. The predicted molar refractivity (Wildman–Crippen MR) is 78.3 cm³/mol. The predicted octanol–water partition coefficient (Wildman–Crippen LogP) is 0.0783. The Morgan fingerprint density at radius 3 is 2.44 bits per heavy atom. The van der Waals surface area contributed by atoms with Crippen LogP contribution in [0, 0.1) is 0 Å². The molecule has 0 saturated carbocycles. The maximum atomic E-state index is 9.86. The smallest absolute Gasteiger partial charge is 0.0718 e. The number of piperazine rings is 1. The summed E-state index contributed by atoms with van der Waals surface area (Å²) in [5, 5.41) is 14.1. The maximum Gasteiger partial charge on any atom is 0.0718 e. The first-order valence-electron chi connectivity index (χ1n) is 6.92. The summed E-state index contributed by atoms with van der Waals surface area (Å²) < 4.78 is 0. The summed E-state index contributed by atoms with van der Waals surface area (Å²) in [5.74, 6) is 0. The lowest BCUT2D eigenvalue weighted by atomic mass is 10.1. The van der Waals surface area contributed by atoms with E-state index in [-0.39, 0.29) is 0 Å². The van der Waals surface area contributed by atoms with E-state index in [1.807, 2.05) is 25.6 Å². The summed E-state index contributed by atoms with van der Waals surface area (Å²) in [5.41, 5.74) is -0.571. The molecular formula is C13H27N3OS. The molecule has 2 aliphatic heterocycles. The van der Waals surface area contributed by atoms with Gasteiger partial charge in [0, 0.05) is 57.1 Å². The minimum atomic E-state index is -0.571. The fraction of sp³-hybridized carbons (Fsp3) is 1.00. The Kier molecular flexibility index (Phi) is 4.94. The first-order chi connectivity index (χ1) is 8.49. The average Bonchev–Trinajstić information content (AvgIpc) is 2.76. The number of aliphatic hydroxyl groups is 1. The topological polar surface area (TPSA) is 38.7 Å². The quantitative estimate of drug-likeness (QED) is 0.759. The molecule has 0 spiro atoms. The van der Waals surface area contributed by atoms with Gasteiger partial charge < -0.3 is 10.4 Å². The molecule has 2 atom stereocenters. The summed E-state index contributed by atoms with van der Waals surface area (Å²) in [4.78, 5) is 5.01. The van der Waals surface area contributed by atoms with Crippen molar-refractivity contribution in [2.75, 3.05) is 52.1 Å². The number of nitrogens with one attached hydrogen (secondary N) is 1. The normalized spacial score (nSPS) is 32.0. The molecule has 2 aliphatic rings. The van der Waals surface area contributed by atoms with Gasteiger partial charge in [-0.3, -0.25) is 9.80 Å². The van der Waals surface area contributed by atoms with Gasteiger partial charge in [0.2, 0.25) is 0 Å². The van der Waals surface area contributed by atoms with Gasteiger partial charge in [0.05, 0.1) is 5.60 Å². The zero-order valence-electron chi connectivity index (χ0n) is 11.9. The van der Waals surface area contributed by atoms with E-state index in [4.69, 9.17) is 0 Å². The molecule has 106 valence electrons. The zero-order valence-corrected chi connectivity index (χ0v) is 12.7. The van der Waals surface area contributed by atoms with Crippen LogP contribution in [-0.2, 0) is 0 Å². The fourth-order valence-electron chi connectivity index (χ4n) is 3.05. The van der Waals surface area contributed by atoms with Crippen LogP contribution in [0.5, 0.6) is 0 Å². The van der Waals surface area contributed by atoms with Crippen molar-refractivity contribution in [3.8, 4) is 0 Å². The van der Waals surface area contributed by atoms with Crippen LogP contribution in [0.3, 0.4) is 0 Å². The standard InChI is InChI=1S/C13H27N3OS/c1-13(2,17)10-15-4-6-16(7-5-15)11-8-14-9-12(11)18-3/h11-12,14,17H,4-10H2,1-3H3. The van der Waals surface area contributed by atoms with E-state index < -0.39 is 5.60 Å². The van der Waals surface area contributed by atoms with Gasteiger partial charge in [0.1, 0.15) is 0 Å². The minimum absolute atomic E-state index is 0.571. The van der Waals surface area contributed by atoms with Crippen molar-refractivity contribution in [1.82, 2.24) is 15.1 Å². The molecule has 0 aromatic carbocycles. The van der Waals surface area contributed by atoms with Crippen LogP contribution in [0.25, 0.3) is 0 Å². The van der Waals surface area contributed by atoms with Crippen LogP contribution in [0.4, 0.5) is 0 Å². The Morgan fingerprint density at radius 2 is 1.89 bits per heavy atom. The summed E-state index contributed by atoms with van der Waals surface area (Å²) in [6, 6.07) is 0.698. The molecule has 2 unspecified atom stereocenters. The van der Waals surface area contributed by atoms with E-state index in [1.165, 1.54) is 0 Å². The number of hydrogen-bond donors (Lipinski definition) is 2. The number of β-amino-alcohol motifs (C(OH)–C–C–N with tert-alkyl or cyclic N) is 1. The molecular weight excluding hydrogens is 246 g/mol. The highest BCUT2D eigenvalue weighted by Gasteiger charge is 2.33. The first-order valence-corrected chi connectivity index (χ1v) is 8.21. The van der Waals surface area contributed by atoms with Crippen LogP contribution in [0.1, 0.15) is 13.8 Å². The lowest BCUT2D eigenvalue weighted by molar-refractivity contribution is 0.0126. The van der Waals surface area contributed by atoms with E-state index in [9.17, 15) is 5.11 Å². The molecule has 5 heteroatoms. The van der Waals surface area contributed by atoms with Gasteiger partial charge in [-0.1, -0.05) is 0 Å². The first kappa shape index (κ1) is 14.6. The van der Waals surface area contributed by atoms with Gasteiger partial charge in [-0.05, 0) is 20.1 Å². The summed E-state index contributed by atoms with van der Waals surface area (Å²) >= 11 is 1.99. The van der Waals surface area contributed by atoms with Crippen LogP contribution in [0.15, 0.2) is 0 Å². The molecule has 0 aromatic heterocycles. The van der Waals surface area contributed by atoms with Gasteiger partial charge in [0.25, 0.3) is 0 Å². The molecule has 18 heavy (non-hydrogen) atoms. The molecule has 2 N–H and O–H groups in total. The highest BCUT2D eigenvalue weighted by atomic mass is 32.2. The van der Waals surface area contributed by atoms with Crippen molar-refractivity contribution in [3.63, 3.8) is 0 Å². The second-order valence-electron chi connectivity index (χ2n) is 6.12. The van der Waals surface area contributed by atoms with Gasteiger partial charge in [-0.2, -0.15) is 11.8 Å². The Hall–Kier alpha value is 0.190. The molecule has 0 radical (unpaired) electrons. The van der Waals surface area contributed by atoms with Gasteiger partial charge in [-0.15, -0.1) is 0 Å². The molecule has 2 saturated heterocycles. The van der Waals surface area contributed by atoms with Crippen molar-refractivity contribution in [2.24, 2.45) is 0 Å². The lowest BCUT2D eigenvalue weighted by Crippen LogP contribution is -2.55. The van der Waals surface area contributed by atoms with Crippen molar-refractivity contribution < 1.29 is 5.11 Å². The van der Waals surface area contributed by atoms with E-state index in [0.29, 0.717) is 6.04 Å². The molecule has 0 aromatic rings. The fourth-order valence-corrected chi connectivity index (χ4v) is 3.91. The summed E-state index contributed by atoms with van der Waals surface area (Å²) in [6.45, 7) is 11.3. The third kappa shape index (κ3) is 3.84. The van der Waals surface area contributed by atoms with E-state index in [0.717, 1.165) is 51.1 Å². The van der Waals surface area contributed by atoms with Crippen LogP contribution in [0.2, 0.25) is 0 Å². The number of thioether (sulfide) groups is 1. The van der Waals surface area contributed by atoms with Crippen LogP contribution < -0.4 is 5.32 Å². The number of hydrogen-bond acceptors (Lipinski definition) is 5. The van der Waals surface area contributed by atoms with Gasteiger partial charge in [-0.25, -0.2) is 0 Å². The third-order valence-electron chi connectivity index (χ3n) is 3.92. The summed E-state index contributed by atoms with van der Waals surface area (Å²) in [6.07, 6.45) is 2.22. The Labute approximate surface area is 115 Å². The molecule has 4 nitrogen and oxygen atoms in total. The molecule has 2 rings (SSSR count). The van der Waals surface area contributed by atoms with Crippen LogP contribution in [-0.4, -0.2) is 83.9 Å². The highest BCUT2D eigenvalue weighted by Crippen LogP contribution is 2.21. The SMILES string of the molecule is CSC1CNCC1N1CCN(CC(C)(C)O)CC1. The summed E-state index contributed by atoms with van der Waals surface area (Å²) in [7, 11) is 0. The second kappa shape index (κ2) is 6.09. The van der Waals surface area contributed by atoms with Crippen molar-refractivity contribution >= 4 is 11.8 Å². The van der Waals surface area contributed by atoms with Gasteiger partial charge >= 0.3 is 0 Å². The largest absolute Gasteiger partial charge is 0.389 e. The average molecular weight is 273 g/mol. The monoisotopic (exact) mass is 273 g/mol. The van der Waals surface area contributed by atoms with Crippen molar-refractivity contribution in [3.05, 3.63) is 0 Å². The molecule has 0 aliphatic carbocycles. The van der Waals surface area contributed by atoms with Crippen molar-refractivity contribution in [1.29, 1.82) is 0 Å². The Balaban J connectivity index is 1.79. The highest BCUT2D eigenvalue weighted by molar-refractivity contribution is 7.99. The minimum Gasteiger partial charge on any atom is -0.389 e. The molecule has 2 heterocycles. The maximum absolute atomic E-state index is 9.86. The van der Waals surface area contributed by atoms with Crippen LogP contribution >= 0.6 is 11.8 Å². The number of nitrogens with zero attached hydrogens (tertiary/aromatic N) is 2. The Morgan fingerprint density at radius 1 is 1.22 bits per heavy atom. The van der Waals surface area contributed by atoms with Crippen molar-refractivity contribution in [2.45, 2.75) is 30.7 Å². The number of rotatable bonds is 4. The zero-order chi connectivity index (χ0) is 13.2. The lowest BCUT2D eigenvalue weighted by Gasteiger charge is -2.40. The van der Waals surface area contributed by atoms with E-state index in [2.05, 4.69) is 21.4 Å². The van der Waals surface area contributed by atoms with E-state index in [1.54, 1.807) is 0 Å². The van der Waals surface area contributed by atoms with Gasteiger partial charge in [0.15, 0.2) is 0 Å². The molecule has 2 fully saturated rings. The molecule has 0 bridgehead atoms. The third-order valence-corrected chi connectivity index (χ3v) is 5.00. The Bertz CT molecular complexity index is 261. The van der Waals surface area contributed by atoms with E-state index >= 15 is 0 Å². The second-order valence-corrected chi connectivity index (χ2v) is 7.20.